The molecule has 0 rings (SSSR count). The molecule has 0 bridgehead atoms. The normalized spacial score (nSPS) is 13.0. The summed E-state index contributed by atoms with van der Waals surface area (Å²) in [5, 5.41) is 0. The van der Waals surface area contributed by atoms with Gasteiger partial charge < -0.3 is 27.9 Å². The number of phosphoric ester groups is 1. The maximum absolute atomic E-state index is 12.9. The van der Waals surface area contributed by atoms with E-state index in [9.17, 15) is 19.0 Å². The maximum atomic E-state index is 12.9. The second-order valence-corrected chi connectivity index (χ2v) is 27.7. The predicted molar refractivity (Wildman–Crippen MR) is 347 cm³/mol. The van der Waals surface area contributed by atoms with Crippen molar-refractivity contribution in [3.8, 4) is 0 Å². The van der Waals surface area contributed by atoms with E-state index in [2.05, 4.69) is 13.8 Å². The van der Waals surface area contributed by atoms with Crippen LogP contribution in [-0.4, -0.2) is 70.0 Å². The Hall–Kier alpha value is -0.990. The number of ether oxygens (including phenoxy) is 2. The third kappa shape index (κ3) is 68.0. The molecule has 0 amide bonds. The zero-order chi connectivity index (χ0) is 59.1. The minimum atomic E-state index is -4.63. The molecule has 9 nitrogen and oxygen atoms in total. The summed E-state index contributed by atoms with van der Waals surface area (Å²) in [6.07, 6.45) is 76.4. The standard InChI is InChI=1S/C71H142NO8P/c1-6-8-10-12-14-16-18-20-22-24-26-28-30-31-32-33-34-35-36-37-38-39-40-41-42-44-46-48-50-52-54-56-58-60-62-64-71(74)80-69(68-79-81(75,76)78-66-65-72(3,4)5)67-77-70(73)63-61-59-57-55-53-51-49-47-45-43-29-27-25-23-21-19-17-15-13-11-9-7-2/h69H,6-68H2,1-5H3. The van der Waals surface area contributed by atoms with Crippen LogP contribution in [0.3, 0.4) is 0 Å². The molecule has 0 heterocycles. The van der Waals surface area contributed by atoms with E-state index in [1.165, 1.54) is 327 Å². The number of esters is 2. The molecule has 0 aliphatic carbocycles. The van der Waals surface area contributed by atoms with E-state index in [0.717, 1.165) is 32.1 Å². The Morgan fingerprint density at radius 1 is 0.333 bits per heavy atom. The van der Waals surface area contributed by atoms with Gasteiger partial charge in [-0.2, -0.15) is 0 Å². The van der Waals surface area contributed by atoms with E-state index in [1.54, 1.807) is 0 Å². The van der Waals surface area contributed by atoms with Crippen molar-refractivity contribution in [3.05, 3.63) is 0 Å². The number of carbonyl (C=O) groups is 2. The highest BCUT2D eigenvalue weighted by Gasteiger charge is 2.22. The lowest BCUT2D eigenvalue weighted by Gasteiger charge is -2.28. The fraction of sp³-hybridized carbons (Fsp3) is 0.972. The van der Waals surface area contributed by atoms with Gasteiger partial charge in [0, 0.05) is 12.8 Å². The highest BCUT2D eigenvalue weighted by Crippen LogP contribution is 2.38. The highest BCUT2D eigenvalue weighted by atomic mass is 31.2. The number of likely N-dealkylation sites (N-methyl/N-ethyl adjacent to an activating group) is 1. The van der Waals surface area contributed by atoms with E-state index in [1.807, 2.05) is 21.1 Å². The Morgan fingerprint density at radius 3 is 0.790 bits per heavy atom. The van der Waals surface area contributed by atoms with Crippen LogP contribution < -0.4 is 4.89 Å². The van der Waals surface area contributed by atoms with Crippen molar-refractivity contribution in [2.24, 2.45) is 0 Å². The summed E-state index contributed by atoms with van der Waals surface area (Å²) >= 11 is 0. The Labute approximate surface area is 505 Å². The molecule has 0 aliphatic heterocycles. The van der Waals surface area contributed by atoms with Crippen molar-refractivity contribution in [1.82, 2.24) is 0 Å². The van der Waals surface area contributed by atoms with Crippen LogP contribution >= 0.6 is 7.82 Å². The van der Waals surface area contributed by atoms with Gasteiger partial charge in [-0.05, 0) is 12.8 Å². The number of nitrogens with zero attached hydrogens (tertiary/aromatic N) is 1. The van der Waals surface area contributed by atoms with Crippen molar-refractivity contribution in [1.29, 1.82) is 0 Å². The van der Waals surface area contributed by atoms with Crippen LogP contribution in [0.1, 0.15) is 393 Å². The molecule has 10 heteroatoms. The average Bonchev–Trinajstić information content (AvgIpc) is 3.43. The van der Waals surface area contributed by atoms with Gasteiger partial charge in [0.25, 0.3) is 7.82 Å². The van der Waals surface area contributed by atoms with Gasteiger partial charge in [0.15, 0.2) is 6.10 Å². The number of carbonyl (C=O) groups excluding carboxylic acids is 2. The van der Waals surface area contributed by atoms with Crippen LogP contribution in [0.25, 0.3) is 0 Å². The first-order chi connectivity index (χ1) is 39.5. The van der Waals surface area contributed by atoms with Crippen molar-refractivity contribution in [3.63, 3.8) is 0 Å². The predicted octanol–water partition coefficient (Wildman–Crippen LogP) is 22.7. The third-order valence-corrected chi connectivity index (χ3v) is 17.8. The zero-order valence-corrected chi connectivity index (χ0v) is 56.2. The summed E-state index contributed by atoms with van der Waals surface area (Å²) in [6.45, 7) is 4.34. The van der Waals surface area contributed by atoms with Crippen LogP contribution in [0, 0.1) is 0 Å². The van der Waals surface area contributed by atoms with Crippen LogP contribution in [0.5, 0.6) is 0 Å². The molecule has 484 valence electrons. The molecule has 0 aromatic carbocycles. The van der Waals surface area contributed by atoms with Crippen molar-refractivity contribution in [2.45, 2.75) is 399 Å². The quantitative estimate of drug-likeness (QED) is 0.0256. The number of quaternary nitrogens is 1. The number of phosphoric acid groups is 1. The largest absolute Gasteiger partial charge is 0.756 e. The average molecular weight is 1170 g/mol. The molecule has 2 unspecified atom stereocenters. The van der Waals surface area contributed by atoms with Gasteiger partial charge in [0.05, 0.1) is 27.7 Å². The molecular weight excluding hydrogens is 1030 g/mol. The molecular formula is C71H142NO8P. The lowest BCUT2D eigenvalue weighted by atomic mass is 10.0. The minimum Gasteiger partial charge on any atom is -0.756 e. The number of unbranched alkanes of at least 4 members (excludes halogenated alkanes) is 55. The van der Waals surface area contributed by atoms with E-state index in [4.69, 9.17) is 18.5 Å². The summed E-state index contributed by atoms with van der Waals surface area (Å²) in [6, 6.07) is 0. The van der Waals surface area contributed by atoms with Gasteiger partial charge in [-0.25, -0.2) is 0 Å². The molecule has 0 radical (unpaired) electrons. The monoisotopic (exact) mass is 1170 g/mol. The van der Waals surface area contributed by atoms with Crippen LogP contribution in [-0.2, 0) is 32.7 Å². The smallest absolute Gasteiger partial charge is 0.306 e. The van der Waals surface area contributed by atoms with Gasteiger partial charge in [0.1, 0.15) is 19.8 Å². The molecule has 0 aromatic heterocycles. The molecule has 0 N–H and O–H groups in total. The summed E-state index contributed by atoms with van der Waals surface area (Å²) in [4.78, 5) is 38.0. The van der Waals surface area contributed by atoms with Gasteiger partial charge in [-0.15, -0.1) is 0 Å². The lowest BCUT2D eigenvalue weighted by Crippen LogP contribution is -2.37. The third-order valence-electron chi connectivity index (χ3n) is 16.9. The Bertz CT molecular complexity index is 1330. The van der Waals surface area contributed by atoms with Crippen molar-refractivity contribution >= 4 is 19.8 Å². The summed E-state index contributed by atoms with van der Waals surface area (Å²) in [5.41, 5.74) is 0. The fourth-order valence-electron chi connectivity index (χ4n) is 11.3. The zero-order valence-electron chi connectivity index (χ0n) is 55.3. The van der Waals surface area contributed by atoms with Crippen LogP contribution in [0.15, 0.2) is 0 Å². The molecule has 0 aliphatic rings. The first-order valence-electron chi connectivity index (χ1n) is 36.2. The molecule has 81 heavy (non-hydrogen) atoms. The number of hydrogen-bond acceptors (Lipinski definition) is 8. The minimum absolute atomic E-state index is 0.0248. The maximum Gasteiger partial charge on any atom is 0.306 e. The second kappa shape index (κ2) is 63.5. The van der Waals surface area contributed by atoms with Crippen molar-refractivity contribution in [2.75, 3.05) is 47.5 Å². The first-order valence-corrected chi connectivity index (χ1v) is 37.7. The van der Waals surface area contributed by atoms with Crippen LogP contribution in [0.4, 0.5) is 0 Å². The van der Waals surface area contributed by atoms with E-state index >= 15 is 0 Å². The van der Waals surface area contributed by atoms with Gasteiger partial charge in [-0.1, -0.05) is 367 Å². The Morgan fingerprint density at radius 2 is 0.556 bits per heavy atom. The summed E-state index contributed by atoms with van der Waals surface area (Å²) < 4.78 is 34.3. The molecule has 0 fully saturated rings. The van der Waals surface area contributed by atoms with Gasteiger partial charge in [0.2, 0.25) is 0 Å². The fourth-order valence-corrected chi connectivity index (χ4v) is 12.0. The van der Waals surface area contributed by atoms with E-state index in [0.29, 0.717) is 17.4 Å². The first kappa shape index (κ1) is 80.0. The summed E-state index contributed by atoms with van der Waals surface area (Å²) in [7, 11) is 1.20. The molecule has 0 spiro atoms. The topological polar surface area (TPSA) is 111 Å². The van der Waals surface area contributed by atoms with Gasteiger partial charge in [-0.3, -0.25) is 14.2 Å². The Balaban J connectivity index is 3.91. The van der Waals surface area contributed by atoms with Gasteiger partial charge >= 0.3 is 11.9 Å². The highest BCUT2D eigenvalue weighted by molar-refractivity contribution is 7.45. The second-order valence-electron chi connectivity index (χ2n) is 26.3. The molecule has 0 aromatic rings. The summed E-state index contributed by atoms with van der Waals surface area (Å²) in [5.74, 6) is -0.803. The van der Waals surface area contributed by atoms with Crippen molar-refractivity contribution < 1.29 is 42.1 Å². The molecule has 0 saturated heterocycles. The SMILES string of the molecule is CCCCCCCCCCCCCCCCCCCCCCCCCCCCCCCCCCCCCC(=O)OC(COC(=O)CCCCCCCCCCCCCCCCCCCCCCCC)COP(=O)([O-])OCC[N+](C)(C)C. The lowest BCUT2D eigenvalue weighted by molar-refractivity contribution is -0.870. The molecule has 0 saturated carbocycles. The number of rotatable bonds is 69. The Kier molecular flexibility index (Phi) is 62.7. The van der Waals surface area contributed by atoms with E-state index in [-0.39, 0.29) is 32.0 Å². The molecule has 2 atom stereocenters. The number of hydrogen-bond donors (Lipinski definition) is 0. The van der Waals surface area contributed by atoms with E-state index < -0.39 is 26.5 Å². The van der Waals surface area contributed by atoms with Crippen LogP contribution in [0.2, 0.25) is 0 Å².